The number of nitrogens with zero attached hydrogens (tertiary/aromatic N) is 3. The maximum absolute atomic E-state index is 12.5. The largest absolute Gasteiger partial charge is 0.376 e. The van der Waals surface area contributed by atoms with Gasteiger partial charge in [-0.15, -0.1) is 10.2 Å². The summed E-state index contributed by atoms with van der Waals surface area (Å²) in [6.07, 6.45) is 4.03. The van der Waals surface area contributed by atoms with Crippen molar-refractivity contribution in [3.05, 3.63) is 39.8 Å². The second-order valence-electron chi connectivity index (χ2n) is 7.87. The van der Waals surface area contributed by atoms with Gasteiger partial charge < -0.3 is 20.3 Å². The third-order valence-electron chi connectivity index (χ3n) is 5.51. The van der Waals surface area contributed by atoms with Gasteiger partial charge in [-0.3, -0.25) is 4.79 Å². The van der Waals surface area contributed by atoms with Crippen LogP contribution >= 0.6 is 11.3 Å². The Hall–Kier alpha value is -2.52. The van der Waals surface area contributed by atoms with E-state index in [-0.39, 0.29) is 24.0 Å². The monoisotopic (exact) mass is 429 g/mol. The van der Waals surface area contributed by atoms with Crippen molar-refractivity contribution in [2.24, 2.45) is 0 Å². The molecule has 30 heavy (non-hydrogen) atoms. The molecule has 2 atom stereocenters. The van der Waals surface area contributed by atoms with E-state index in [2.05, 4.69) is 20.8 Å². The second-order valence-corrected chi connectivity index (χ2v) is 8.88. The number of hydrogen-bond acceptors (Lipinski definition) is 6. The Morgan fingerprint density at radius 2 is 2.03 bits per heavy atom. The van der Waals surface area contributed by atoms with Gasteiger partial charge in [-0.05, 0) is 44.7 Å². The first-order valence-electron chi connectivity index (χ1n) is 10.4. The van der Waals surface area contributed by atoms with E-state index in [0.29, 0.717) is 18.1 Å². The van der Waals surface area contributed by atoms with Crippen molar-refractivity contribution in [1.29, 1.82) is 0 Å². The lowest BCUT2D eigenvalue weighted by molar-refractivity contribution is 0.102. The van der Waals surface area contributed by atoms with Crippen molar-refractivity contribution in [1.82, 2.24) is 20.4 Å². The minimum Gasteiger partial charge on any atom is -0.376 e. The summed E-state index contributed by atoms with van der Waals surface area (Å²) in [4.78, 5) is 26.9. The molecule has 0 spiro atoms. The third-order valence-corrected chi connectivity index (χ3v) is 6.59. The molecular formula is C21H27N5O3S. The molecule has 0 bridgehead atoms. The molecule has 1 aromatic carbocycles. The van der Waals surface area contributed by atoms with Crippen molar-refractivity contribution in [2.75, 3.05) is 31.6 Å². The van der Waals surface area contributed by atoms with Crippen LogP contribution in [0.5, 0.6) is 0 Å². The summed E-state index contributed by atoms with van der Waals surface area (Å²) < 4.78 is 5.57. The van der Waals surface area contributed by atoms with Gasteiger partial charge in [0, 0.05) is 37.8 Å². The van der Waals surface area contributed by atoms with E-state index in [0.717, 1.165) is 55.1 Å². The topological polar surface area (TPSA) is 96.5 Å². The van der Waals surface area contributed by atoms with Crippen LogP contribution < -0.4 is 10.6 Å². The fourth-order valence-corrected chi connectivity index (χ4v) is 4.66. The molecule has 2 fully saturated rings. The van der Waals surface area contributed by atoms with Crippen LogP contribution in [0.3, 0.4) is 0 Å². The molecule has 1 aromatic heterocycles. The van der Waals surface area contributed by atoms with E-state index in [1.165, 1.54) is 11.3 Å². The Bertz CT molecular complexity index is 879. The molecule has 2 saturated heterocycles. The maximum atomic E-state index is 12.5. The number of aryl methyl sites for hydroxylation is 1. The minimum atomic E-state index is -0.260. The number of carbonyl (C=O) groups excluding carboxylic acids is 2. The van der Waals surface area contributed by atoms with Crippen LogP contribution in [0, 0.1) is 6.92 Å². The van der Waals surface area contributed by atoms with Crippen molar-refractivity contribution >= 4 is 29.0 Å². The third kappa shape index (κ3) is 5.14. The number of urea groups is 1. The average Bonchev–Trinajstić information content (AvgIpc) is 3.46. The Labute approximate surface area is 180 Å². The summed E-state index contributed by atoms with van der Waals surface area (Å²) in [5.74, 6) is -0.157. The molecule has 0 saturated carbocycles. The van der Waals surface area contributed by atoms with Crippen molar-refractivity contribution in [3.8, 4) is 0 Å². The number of nitrogens with one attached hydrogen (secondary N) is 2. The second kappa shape index (κ2) is 9.53. The molecule has 2 N–H and O–H groups in total. The van der Waals surface area contributed by atoms with E-state index in [9.17, 15) is 9.59 Å². The lowest BCUT2D eigenvalue weighted by atomic mass is 9.99. The van der Waals surface area contributed by atoms with Crippen LogP contribution in [-0.2, 0) is 4.74 Å². The highest BCUT2D eigenvalue weighted by molar-refractivity contribution is 7.13. The predicted molar refractivity (Wildman–Crippen MR) is 115 cm³/mol. The standard InChI is InChI=1S/C21H27N5O3S/c1-14-6-8-16(9-7-14)23-18(27)20-25-24-19(30-20)15-4-2-10-26(13-15)21(28)22-12-17-5-3-11-29-17/h6-9,15,17H,2-5,10-13H2,1H3,(H,22,28)(H,23,27)/t15-,17+/m0/s1. The Morgan fingerprint density at radius 1 is 1.20 bits per heavy atom. The Morgan fingerprint density at radius 3 is 2.80 bits per heavy atom. The summed E-state index contributed by atoms with van der Waals surface area (Å²) in [6.45, 7) is 4.66. The number of amides is 3. The summed E-state index contributed by atoms with van der Waals surface area (Å²) in [6, 6.07) is 7.56. The zero-order chi connectivity index (χ0) is 20.9. The van der Waals surface area contributed by atoms with Gasteiger partial charge in [0.2, 0.25) is 5.01 Å². The molecule has 2 aromatic rings. The molecule has 0 aliphatic carbocycles. The van der Waals surface area contributed by atoms with Gasteiger partial charge in [-0.1, -0.05) is 29.0 Å². The first-order valence-corrected chi connectivity index (χ1v) is 11.3. The molecule has 0 radical (unpaired) electrons. The molecule has 3 heterocycles. The van der Waals surface area contributed by atoms with Gasteiger partial charge in [0.05, 0.1) is 6.10 Å². The quantitative estimate of drug-likeness (QED) is 0.761. The van der Waals surface area contributed by atoms with Gasteiger partial charge in [-0.25, -0.2) is 4.79 Å². The summed E-state index contributed by atoms with van der Waals surface area (Å²) in [7, 11) is 0. The van der Waals surface area contributed by atoms with Crippen molar-refractivity contribution < 1.29 is 14.3 Å². The highest BCUT2D eigenvalue weighted by Gasteiger charge is 2.28. The fourth-order valence-electron chi connectivity index (χ4n) is 3.79. The zero-order valence-corrected chi connectivity index (χ0v) is 17.9. The van der Waals surface area contributed by atoms with Crippen LogP contribution in [0.2, 0.25) is 0 Å². The average molecular weight is 430 g/mol. The number of piperidine rings is 1. The van der Waals surface area contributed by atoms with E-state index in [1.807, 2.05) is 36.1 Å². The summed E-state index contributed by atoms with van der Waals surface area (Å²) in [5.41, 5.74) is 1.86. The van der Waals surface area contributed by atoms with Gasteiger partial charge in [0.1, 0.15) is 5.01 Å². The molecule has 8 nitrogen and oxygen atoms in total. The lowest BCUT2D eigenvalue weighted by Crippen LogP contribution is -2.46. The first kappa shape index (κ1) is 20.7. The molecule has 160 valence electrons. The van der Waals surface area contributed by atoms with Gasteiger partial charge in [0.25, 0.3) is 5.91 Å². The van der Waals surface area contributed by atoms with Crippen LogP contribution in [0.25, 0.3) is 0 Å². The number of carbonyl (C=O) groups is 2. The van der Waals surface area contributed by atoms with E-state index < -0.39 is 0 Å². The van der Waals surface area contributed by atoms with Gasteiger partial charge in [-0.2, -0.15) is 0 Å². The molecule has 2 aliphatic rings. The Kier molecular flexibility index (Phi) is 6.59. The lowest BCUT2D eigenvalue weighted by Gasteiger charge is -2.31. The number of aromatic nitrogens is 2. The van der Waals surface area contributed by atoms with Crippen LogP contribution in [0.15, 0.2) is 24.3 Å². The first-order chi connectivity index (χ1) is 14.6. The molecule has 4 rings (SSSR count). The molecular weight excluding hydrogens is 402 g/mol. The number of hydrogen-bond donors (Lipinski definition) is 2. The number of likely N-dealkylation sites (tertiary alicyclic amines) is 1. The van der Waals surface area contributed by atoms with E-state index in [1.54, 1.807) is 0 Å². The van der Waals surface area contributed by atoms with Crippen molar-refractivity contribution in [2.45, 2.75) is 44.6 Å². The number of benzene rings is 1. The van der Waals surface area contributed by atoms with E-state index >= 15 is 0 Å². The van der Waals surface area contributed by atoms with Crippen molar-refractivity contribution in [3.63, 3.8) is 0 Å². The number of rotatable bonds is 5. The Balaban J connectivity index is 1.32. The molecule has 3 amide bonds. The number of anilines is 1. The van der Waals surface area contributed by atoms with Gasteiger partial charge >= 0.3 is 6.03 Å². The zero-order valence-electron chi connectivity index (χ0n) is 17.1. The molecule has 2 aliphatic heterocycles. The van der Waals surface area contributed by atoms with Crippen LogP contribution in [-0.4, -0.2) is 59.4 Å². The predicted octanol–water partition coefficient (Wildman–Crippen LogP) is 3.17. The van der Waals surface area contributed by atoms with Crippen LogP contribution in [0.4, 0.5) is 10.5 Å². The van der Waals surface area contributed by atoms with Crippen LogP contribution in [0.1, 0.15) is 52.0 Å². The highest BCUT2D eigenvalue weighted by atomic mass is 32.1. The number of ether oxygens (including phenoxy) is 1. The van der Waals surface area contributed by atoms with Gasteiger partial charge in [0.15, 0.2) is 0 Å². The minimum absolute atomic E-state index is 0.0583. The van der Waals surface area contributed by atoms with E-state index in [4.69, 9.17) is 4.74 Å². The molecule has 0 unspecified atom stereocenters. The maximum Gasteiger partial charge on any atom is 0.317 e. The smallest absolute Gasteiger partial charge is 0.317 e. The SMILES string of the molecule is Cc1ccc(NC(=O)c2nnc([C@H]3CCCN(C(=O)NC[C@H]4CCCO4)C3)s2)cc1. The normalized spacial score (nSPS) is 21.4. The molecule has 9 heteroatoms. The fraction of sp³-hybridized carbons (Fsp3) is 0.524. The highest BCUT2D eigenvalue weighted by Crippen LogP contribution is 2.29. The summed E-state index contributed by atoms with van der Waals surface area (Å²) >= 11 is 1.30. The summed E-state index contributed by atoms with van der Waals surface area (Å²) in [5, 5.41) is 15.3.